The number of methoxy groups -OCH3 is 1. The number of likely N-dealkylation sites (tertiary alicyclic amines) is 1. The summed E-state index contributed by atoms with van der Waals surface area (Å²) in [5.41, 5.74) is 3.32. The fourth-order valence-electron chi connectivity index (χ4n) is 4.28. The van der Waals surface area contributed by atoms with Crippen molar-refractivity contribution in [1.29, 1.82) is 0 Å². The fourth-order valence-corrected chi connectivity index (χ4v) is 4.28. The number of aromatic nitrogens is 2. The molecular formula is C27H34N4O3. The maximum absolute atomic E-state index is 12.7. The molecule has 0 bridgehead atoms. The number of hydrogen-bond acceptors (Lipinski definition) is 6. The molecule has 2 heterocycles. The molecule has 3 aromatic rings. The van der Waals surface area contributed by atoms with Crippen molar-refractivity contribution in [3.8, 4) is 17.1 Å². The van der Waals surface area contributed by atoms with Crippen LogP contribution in [0.25, 0.3) is 11.4 Å². The van der Waals surface area contributed by atoms with Gasteiger partial charge in [-0.2, -0.15) is 4.98 Å². The van der Waals surface area contributed by atoms with Gasteiger partial charge in [-0.15, -0.1) is 0 Å². The summed E-state index contributed by atoms with van der Waals surface area (Å²) in [6.45, 7) is 9.31. The first-order valence-corrected chi connectivity index (χ1v) is 11.9. The standard InChI is InChI=1S/C27H34N4O3/c1-27(2,3)22-11-9-19(10-12-22)25-29-24(34-30-25)18-31-15-13-20(14-16-31)26(32)28-17-21-7-5-6-8-23(21)33-4/h5-12,20H,13-18H2,1-4H3,(H,28,32). The van der Waals surface area contributed by atoms with Crippen LogP contribution in [0.15, 0.2) is 53.1 Å². The van der Waals surface area contributed by atoms with E-state index in [9.17, 15) is 4.79 Å². The normalized spacial score (nSPS) is 15.3. The Balaban J connectivity index is 1.26. The van der Waals surface area contributed by atoms with Gasteiger partial charge in [0.15, 0.2) is 0 Å². The average molecular weight is 463 g/mol. The third kappa shape index (κ3) is 5.83. The lowest BCUT2D eigenvalue weighted by Gasteiger charge is -2.30. The lowest BCUT2D eigenvalue weighted by molar-refractivity contribution is -0.126. The van der Waals surface area contributed by atoms with E-state index in [0.717, 1.165) is 42.8 Å². The summed E-state index contributed by atoms with van der Waals surface area (Å²) in [6, 6.07) is 16.1. The Morgan fingerprint density at radius 1 is 1.12 bits per heavy atom. The number of ether oxygens (including phenoxy) is 1. The van der Waals surface area contributed by atoms with E-state index < -0.39 is 0 Å². The van der Waals surface area contributed by atoms with Gasteiger partial charge < -0.3 is 14.6 Å². The van der Waals surface area contributed by atoms with Crippen LogP contribution in [0.2, 0.25) is 0 Å². The van der Waals surface area contributed by atoms with Crippen LogP contribution in [0.4, 0.5) is 0 Å². The number of hydrogen-bond donors (Lipinski definition) is 1. The van der Waals surface area contributed by atoms with Crippen molar-refractivity contribution in [2.24, 2.45) is 5.92 Å². The van der Waals surface area contributed by atoms with Gasteiger partial charge in [-0.05, 0) is 43.0 Å². The molecule has 1 aliphatic rings. The molecule has 34 heavy (non-hydrogen) atoms. The van der Waals surface area contributed by atoms with E-state index in [0.29, 0.717) is 24.8 Å². The lowest BCUT2D eigenvalue weighted by atomic mass is 9.87. The minimum Gasteiger partial charge on any atom is -0.496 e. The summed E-state index contributed by atoms with van der Waals surface area (Å²) in [6.07, 6.45) is 1.63. The highest BCUT2D eigenvalue weighted by atomic mass is 16.5. The summed E-state index contributed by atoms with van der Waals surface area (Å²) in [5, 5.41) is 7.23. The zero-order valence-electron chi connectivity index (χ0n) is 20.5. The molecule has 0 saturated carbocycles. The number of benzene rings is 2. The smallest absolute Gasteiger partial charge is 0.241 e. The van der Waals surface area contributed by atoms with E-state index in [-0.39, 0.29) is 17.2 Å². The van der Waals surface area contributed by atoms with Crippen LogP contribution >= 0.6 is 0 Å². The van der Waals surface area contributed by atoms with Gasteiger partial charge in [0, 0.05) is 23.6 Å². The van der Waals surface area contributed by atoms with Crippen molar-refractivity contribution in [2.75, 3.05) is 20.2 Å². The second-order valence-electron chi connectivity index (χ2n) is 9.92. The molecule has 0 atom stereocenters. The van der Waals surface area contributed by atoms with Crippen LogP contribution < -0.4 is 10.1 Å². The molecule has 4 rings (SSSR count). The SMILES string of the molecule is COc1ccccc1CNC(=O)C1CCN(Cc2nc(-c3ccc(C(C)(C)C)cc3)no2)CC1. The number of nitrogens with one attached hydrogen (secondary N) is 1. The molecule has 0 spiro atoms. The van der Waals surface area contributed by atoms with Gasteiger partial charge >= 0.3 is 0 Å². The second-order valence-corrected chi connectivity index (χ2v) is 9.92. The van der Waals surface area contributed by atoms with E-state index >= 15 is 0 Å². The molecule has 180 valence electrons. The van der Waals surface area contributed by atoms with Crippen LogP contribution in [-0.2, 0) is 23.3 Å². The van der Waals surface area contributed by atoms with Crippen LogP contribution in [0.3, 0.4) is 0 Å². The molecule has 0 unspecified atom stereocenters. The summed E-state index contributed by atoms with van der Waals surface area (Å²) in [4.78, 5) is 19.5. The second kappa shape index (κ2) is 10.4. The van der Waals surface area contributed by atoms with Gasteiger partial charge in [-0.3, -0.25) is 9.69 Å². The maximum atomic E-state index is 12.7. The maximum Gasteiger partial charge on any atom is 0.241 e. The first kappa shape index (κ1) is 24.0. The molecule has 1 amide bonds. The zero-order valence-corrected chi connectivity index (χ0v) is 20.5. The van der Waals surface area contributed by atoms with E-state index in [4.69, 9.17) is 9.26 Å². The number of carbonyl (C=O) groups excluding carboxylic acids is 1. The Labute approximate surface area is 201 Å². The van der Waals surface area contributed by atoms with E-state index in [1.165, 1.54) is 5.56 Å². The van der Waals surface area contributed by atoms with Crippen molar-refractivity contribution < 1.29 is 14.1 Å². The Hall–Kier alpha value is -3.19. The third-order valence-electron chi connectivity index (χ3n) is 6.44. The van der Waals surface area contributed by atoms with Gasteiger partial charge in [-0.25, -0.2) is 0 Å². The van der Waals surface area contributed by atoms with Crippen LogP contribution in [0.5, 0.6) is 5.75 Å². The molecule has 1 fully saturated rings. The predicted octanol–water partition coefficient (Wildman–Crippen LogP) is 4.57. The number of rotatable bonds is 7. The van der Waals surface area contributed by atoms with Crippen LogP contribution in [-0.4, -0.2) is 41.1 Å². The number of amides is 1. The Bertz CT molecular complexity index is 1090. The first-order chi connectivity index (χ1) is 16.3. The summed E-state index contributed by atoms with van der Waals surface area (Å²) in [5.74, 6) is 2.13. The summed E-state index contributed by atoms with van der Waals surface area (Å²) in [7, 11) is 1.64. The average Bonchev–Trinajstić information content (AvgIpc) is 3.31. The minimum absolute atomic E-state index is 0.0190. The zero-order chi connectivity index (χ0) is 24.1. The van der Waals surface area contributed by atoms with E-state index in [2.05, 4.69) is 53.3 Å². The first-order valence-electron chi connectivity index (χ1n) is 11.9. The van der Waals surface area contributed by atoms with Crippen molar-refractivity contribution >= 4 is 5.91 Å². The molecule has 0 radical (unpaired) electrons. The molecule has 1 saturated heterocycles. The van der Waals surface area contributed by atoms with Crippen LogP contribution in [0.1, 0.15) is 50.6 Å². The van der Waals surface area contributed by atoms with Crippen molar-refractivity contribution in [2.45, 2.75) is 52.1 Å². The molecule has 2 aromatic carbocycles. The Morgan fingerprint density at radius 3 is 2.50 bits per heavy atom. The topological polar surface area (TPSA) is 80.5 Å². The third-order valence-corrected chi connectivity index (χ3v) is 6.44. The van der Waals surface area contributed by atoms with Gasteiger partial charge in [0.2, 0.25) is 17.6 Å². The van der Waals surface area contributed by atoms with Gasteiger partial charge in [0.05, 0.1) is 13.7 Å². The van der Waals surface area contributed by atoms with Gasteiger partial charge in [0.25, 0.3) is 0 Å². The minimum atomic E-state index is 0.0190. The molecule has 1 N–H and O–H groups in total. The molecule has 1 aromatic heterocycles. The number of para-hydroxylation sites is 1. The lowest BCUT2D eigenvalue weighted by Crippen LogP contribution is -2.40. The monoisotopic (exact) mass is 462 g/mol. The predicted molar refractivity (Wildman–Crippen MR) is 131 cm³/mol. The van der Waals surface area contributed by atoms with Crippen LogP contribution in [0, 0.1) is 5.92 Å². The van der Waals surface area contributed by atoms with E-state index in [1.807, 2.05) is 36.4 Å². The largest absolute Gasteiger partial charge is 0.496 e. The number of nitrogens with zero attached hydrogens (tertiary/aromatic N) is 3. The Kier molecular flexibility index (Phi) is 7.32. The van der Waals surface area contributed by atoms with Crippen molar-refractivity contribution in [3.63, 3.8) is 0 Å². The Morgan fingerprint density at radius 2 is 1.82 bits per heavy atom. The molecule has 7 heteroatoms. The van der Waals surface area contributed by atoms with Gasteiger partial charge in [-0.1, -0.05) is 68.4 Å². The molecular weight excluding hydrogens is 428 g/mol. The summed E-state index contributed by atoms with van der Waals surface area (Å²) < 4.78 is 10.9. The highest BCUT2D eigenvalue weighted by Crippen LogP contribution is 2.26. The quantitative estimate of drug-likeness (QED) is 0.554. The number of piperidine rings is 1. The van der Waals surface area contributed by atoms with Crippen molar-refractivity contribution in [3.05, 3.63) is 65.5 Å². The van der Waals surface area contributed by atoms with E-state index in [1.54, 1.807) is 7.11 Å². The molecule has 7 nitrogen and oxygen atoms in total. The highest BCUT2D eigenvalue weighted by molar-refractivity contribution is 5.78. The summed E-state index contributed by atoms with van der Waals surface area (Å²) >= 11 is 0. The number of carbonyl (C=O) groups is 1. The highest BCUT2D eigenvalue weighted by Gasteiger charge is 2.26. The van der Waals surface area contributed by atoms with Crippen molar-refractivity contribution in [1.82, 2.24) is 20.4 Å². The van der Waals surface area contributed by atoms with Gasteiger partial charge in [0.1, 0.15) is 5.75 Å². The molecule has 0 aliphatic carbocycles. The molecule has 1 aliphatic heterocycles. The fraction of sp³-hybridized carbons (Fsp3) is 0.444.